The fraction of sp³-hybridized carbons (Fsp3) is 0.600. The summed E-state index contributed by atoms with van der Waals surface area (Å²) in [4.78, 5) is 0. The molecule has 3 nitrogen and oxygen atoms in total. The first-order valence-corrected chi connectivity index (χ1v) is 6.65. The van der Waals surface area contributed by atoms with Gasteiger partial charge in [-0.3, -0.25) is 0 Å². The smallest absolute Gasteiger partial charge is 0.102 e. The molecule has 18 heavy (non-hydrogen) atoms. The summed E-state index contributed by atoms with van der Waals surface area (Å²) >= 11 is 0. The van der Waals surface area contributed by atoms with Crippen molar-refractivity contribution in [1.29, 1.82) is 0 Å². The van der Waals surface area contributed by atoms with E-state index in [9.17, 15) is 5.11 Å². The third-order valence-corrected chi connectivity index (χ3v) is 3.33. The van der Waals surface area contributed by atoms with Crippen LogP contribution in [0.4, 0.5) is 0 Å². The van der Waals surface area contributed by atoms with Crippen LogP contribution in [0.3, 0.4) is 0 Å². The Morgan fingerprint density at radius 1 is 1.22 bits per heavy atom. The highest BCUT2D eigenvalue weighted by molar-refractivity contribution is 5.17. The first kappa shape index (κ1) is 13.5. The number of aliphatic hydroxyl groups is 1. The number of ether oxygens (including phenoxy) is 2. The van der Waals surface area contributed by atoms with Crippen molar-refractivity contribution >= 4 is 0 Å². The molecule has 1 aromatic rings. The molecule has 1 aliphatic heterocycles. The van der Waals surface area contributed by atoms with Gasteiger partial charge >= 0.3 is 0 Å². The lowest BCUT2D eigenvalue weighted by molar-refractivity contribution is -0.113. The van der Waals surface area contributed by atoms with E-state index < -0.39 is 6.10 Å². The Morgan fingerprint density at radius 3 is 2.44 bits per heavy atom. The van der Waals surface area contributed by atoms with Crippen molar-refractivity contribution < 1.29 is 14.6 Å². The van der Waals surface area contributed by atoms with E-state index >= 15 is 0 Å². The average molecular weight is 250 g/mol. The maximum absolute atomic E-state index is 10.0. The van der Waals surface area contributed by atoms with Crippen molar-refractivity contribution in [2.24, 2.45) is 0 Å². The summed E-state index contributed by atoms with van der Waals surface area (Å²) in [5, 5.41) is 10.0. The Balaban J connectivity index is 1.81. The monoisotopic (exact) mass is 250 g/mol. The summed E-state index contributed by atoms with van der Waals surface area (Å²) in [5.41, 5.74) is 0.908. The molecule has 1 saturated heterocycles. The van der Waals surface area contributed by atoms with Crippen molar-refractivity contribution in [3.8, 4) is 0 Å². The Kier molecular flexibility index (Phi) is 4.75. The van der Waals surface area contributed by atoms with Gasteiger partial charge in [-0.2, -0.15) is 0 Å². The molecule has 3 unspecified atom stereocenters. The second kappa shape index (κ2) is 6.32. The van der Waals surface area contributed by atoms with Crippen LogP contribution in [-0.2, 0) is 9.47 Å². The third-order valence-electron chi connectivity index (χ3n) is 3.33. The van der Waals surface area contributed by atoms with Crippen LogP contribution in [0.5, 0.6) is 0 Å². The van der Waals surface area contributed by atoms with Gasteiger partial charge in [-0.25, -0.2) is 0 Å². The van der Waals surface area contributed by atoms with Crippen molar-refractivity contribution in [3.05, 3.63) is 35.9 Å². The van der Waals surface area contributed by atoms with Crippen LogP contribution in [0.25, 0.3) is 0 Å². The van der Waals surface area contributed by atoms with Gasteiger partial charge in [0.1, 0.15) is 6.10 Å². The second-order valence-corrected chi connectivity index (χ2v) is 5.11. The number of rotatable bonds is 4. The van der Waals surface area contributed by atoms with Gasteiger partial charge in [0.25, 0.3) is 0 Å². The molecule has 0 spiro atoms. The molecule has 0 saturated carbocycles. The van der Waals surface area contributed by atoms with Gasteiger partial charge in [-0.05, 0) is 32.3 Å². The molecule has 0 bridgehead atoms. The van der Waals surface area contributed by atoms with Crippen molar-refractivity contribution in [2.45, 2.75) is 51.1 Å². The minimum absolute atomic E-state index is 0.196. The number of hydrogen-bond donors (Lipinski definition) is 1. The van der Waals surface area contributed by atoms with Crippen molar-refractivity contribution in [1.82, 2.24) is 0 Å². The molecule has 0 radical (unpaired) electrons. The van der Waals surface area contributed by atoms with Gasteiger partial charge in [0.05, 0.1) is 24.9 Å². The van der Waals surface area contributed by atoms with Crippen LogP contribution in [0.1, 0.15) is 38.4 Å². The molecule has 1 N–H and O–H groups in total. The molecule has 0 aromatic heterocycles. The standard InChI is InChI=1S/C15H22O3/c1-11-8-14(9-12(2)18-11)17-10-15(16)13-6-4-3-5-7-13/h3-7,11-12,14-16H,8-10H2,1-2H3. The largest absolute Gasteiger partial charge is 0.386 e. The van der Waals surface area contributed by atoms with Gasteiger partial charge in [0.2, 0.25) is 0 Å². The highest BCUT2D eigenvalue weighted by Crippen LogP contribution is 2.23. The SMILES string of the molecule is CC1CC(OCC(O)c2ccccc2)CC(C)O1. The van der Waals surface area contributed by atoms with E-state index in [1.165, 1.54) is 0 Å². The van der Waals surface area contributed by atoms with E-state index in [1.807, 2.05) is 30.3 Å². The van der Waals surface area contributed by atoms with Crippen LogP contribution in [0.15, 0.2) is 30.3 Å². The third kappa shape index (κ3) is 3.80. The molecule has 1 fully saturated rings. The van der Waals surface area contributed by atoms with Crippen LogP contribution in [0.2, 0.25) is 0 Å². The number of aliphatic hydroxyl groups excluding tert-OH is 1. The molecule has 1 aliphatic rings. The molecular weight excluding hydrogens is 228 g/mol. The van der Waals surface area contributed by atoms with E-state index in [2.05, 4.69) is 13.8 Å². The van der Waals surface area contributed by atoms with Crippen molar-refractivity contribution in [2.75, 3.05) is 6.61 Å². The summed E-state index contributed by atoms with van der Waals surface area (Å²) in [6, 6.07) is 9.64. The molecule has 0 aliphatic carbocycles. The molecule has 2 rings (SSSR count). The van der Waals surface area contributed by atoms with Gasteiger partial charge in [0, 0.05) is 0 Å². The zero-order valence-corrected chi connectivity index (χ0v) is 11.1. The van der Waals surface area contributed by atoms with Crippen molar-refractivity contribution in [3.63, 3.8) is 0 Å². The Hall–Kier alpha value is -0.900. The van der Waals surface area contributed by atoms with E-state index in [1.54, 1.807) is 0 Å². The second-order valence-electron chi connectivity index (χ2n) is 5.11. The van der Waals surface area contributed by atoms with Crippen LogP contribution < -0.4 is 0 Å². The van der Waals surface area contributed by atoms with Gasteiger partial charge in [0.15, 0.2) is 0 Å². The summed E-state index contributed by atoms with van der Waals surface area (Å²) in [5.74, 6) is 0. The normalized spacial score (nSPS) is 30.1. The summed E-state index contributed by atoms with van der Waals surface area (Å²) in [7, 11) is 0. The Morgan fingerprint density at radius 2 is 1.83 bits per heavy atom. The Labute approximate surface area is 109 Å². The molecule has 0 amide bonds. The average Bonchev–Trinajstić information content (AvgIpc) is 2.36. The molecular formula is C15H22O3. The highest BCUT2D eigenvalue weighted by Gasteiger charge is 2.25. The molecule has 3 heteroatoms. The lowest BCUT2D eigenvalue weighted by atomic mass is 10.0. The zero-order valence-electron chi connectivity index (χ0n) is 11.1. The summed E-state index contributed by atoms with van der Waals surface area (Å²) in [6.07, 6.45) is 1.96. The minimum Gasteiger partial charge on any atom is -0.386 e. The van der Waals surface area contributed by atoms with Gasteiger partial charge in [-0.15, -0.1) is 0 Å². The fourth-order valence-corrected chi connectivity index (χ4v) is 2.48. The first-order chi connectivity index (χ1) is 8.65. The first-order valence-electron chi connectivity index (χ1n) is 6.65. The van der Waals surface area contributed by atoms with E-state index in [4.69, 9.17) is 9.47 Å². The van der Waals surface area contributed by atoms with Crippen LogP contribution in [0, 0.1) is 0 Å². The van der Waals surface area contributed by atoms with Gasteiger partial charge < -0.3 is 14.6 Å². The van der Waals surface area contributed by atoms with Crippen LogP contribution >= 0.6 is 0 Å². The van der Waals surface area contributed by atoms with E-state index in [0.717, 1.165) is 18.4 Å². The quantitative estimate of drug-likeness (QED) is 0.893. The predicted molar refractivity (Wildman–Crippen MR) is 70.4 cm³/mol. The highest BCUT2D eigenvalue weighted by atomic mass is 16.5. The van der Waals surface area contributed by atoms with E-state index in [-0.39, 0.29) is 18.3 Å². The maximum atomic E-state index is 10.0. The molecule has 1 heterocycles. The Bertz CT molecular complexity index is 342. The van der Waals surface area contributed by atoms with E-state index in [0.29, 0.717) is 6.61 Å². The summed E-state index contributed by atoms with van der Waals surface area (Å²) < 4.78 is 11.5. The lowest BCUT2D eigenvalue weighted by Crippen LogP contribution is -2.34. The molecule has 100 valence electrons. The maximum Gasteiger partial charge on any atom is 0.102 e. The number of hydrogen-bond acceptors (Lipinski definition) is 3. The molecule has 1 aromatic carbocycles. The topological polar surface area (TPSA) is 38.7 Å². The number of benzene rings is 1. The van der Waals surface area contributed by atoms with Gasteiger partial charge in [-0.1, -0.05) is 30.3 Å². The zero-order chi connectivity index (χ0) is 13.0. The lowest BCUT2D eigenvalue weighted by Gasteiger charge is -2.32. The predicted octanol–water partition coefficient (Wildman–Crippen LogP) is 2.69. The molecule has 3 atom stereocenters. The minimum atomic E-state index is -0.542. The van der Waals surface area contributed by atoms with Crippen LogP contribution in [-0.4, -0.2) is 30.0 Å². The summed E-state index contributed by atoms with van der Waals surface area (Å²) in [6.45, 7) is 4.49. The fourth-order valence-electron chi connectivity index (χ4n) is 2.48.